The van der Waals surface area contributed by atoms with Gasteiger partial charge in [-0.1, -0.05) is 12.2 Å². The third-order valence-electron chi connectivity index (χ3n) is 6.67. The van der Waals surface area contributed by atoms with Crippen molar-refractivity contribution < 1.29 is 19.0 Å². The molecule has 7 nitrogen and oxygen atoms in total. The first kappa shape index (κ1) is 19.1. The maximum atomic E-state index is 15.4. The van der Waals surface area contributed by atoms with Crippen LogP contribution in [0.25, 0.3) is 10.9 Å². The van der Waals surface area contributed by atoms with Crippen molar-refractivity contribution in [2.75, 3.05) is 25.1 Å². The Morgan fingerprint density at radius 1 is 1.33 bits per heavy atom. The minimum Gasteiger partial charge on any atom is -0.492 e. The Hall–Kier alpha value is -2.87. The van der Waals surface area contributed by atoms with Crippen LogP contribution in [0.1, 0.15) is 35.7 Å². The van der Waals surface area contributed by atoms with Crippen molar-refractivity contribution in [2.45, 2.75) is 31.3 Å². The molecule has 8 heteroatoms. The molecule has 3 atom stereocenters. The molecule has 0 unspecified atom stereocenters. The molecule has 1 aromatic heterocycles. The second kappa shape index (κ2) is 6.84. The van der Waals surface area contributed by atoms with Gasteiger partial charge in [0, 0.05) is 31.4 Å². The summed E-state index contributed by atoms with van der Waals surface area (Å²) in [5.74, 6) is -1.04. The summed E-state index contributed by atoms with van der Waals surface area (Å²) >= 11 is 0. The van der Waals surface area contributed by atoms with Crippen LogP contribution in [-0.2, 0) is 0 Å². The van der Waals surface area contributed by atoms with Gasteiger partial charge in [0.2, 0.25) is 5.43 Å². The predicted molar refractivity (Wildman–Crippen MR) is 111 cm³/mol. The van der Waals surface area contributed by atoms with Crippen LogP contribution in [0, 0.1) is 17.7 Å². The quantitative estimate of drug-likeness (QED) is 0.748. The zero-order valence-corrected chi connectivity index (χ0v) is 16.7. The van der Waals surface area contributed by atoms with Gasteiger partial charge in [-0.2, -0.15) is 0 Å². The molecule has 2 aliphatic carbocycles. The molecular formula is C22H24FN3O4. The number of nitrogens with zero attached hydrogens (tertiary/aromatic N) is 2. The minimum atomic E-state index is -1.31. The summed E-state index contributed by atoms with van der Waals surface area (Å²) in [5, 5.41) is 9.49. The molecule has 3 aliphatic rings. The number of halogens is 1. The van der Waals surface area contributed by atoms with Gasteiger partial charge in [-0.05, 0) is 37.2 Å². The molecule has 1 aromatic carbocycles. The van der Waals surface area contributed by atoms with E-state index >= 15 is 4.39 Å². The molecule has 1 saturated heterocycles. The number of pyridine rings is 1. The van der Waals surface area contributed by atoms with Gasteiger partial charge in [0.1, 0.15) is 11.3 Å². The molecule has 1 aliphatic heterocycles. The molecule has 2 heterocycles. The van der Waals surface area contributed by atoms with Gasteiger partial charge in [0.25, 0.3) is 0 Å². The van der Waals surface area contributed by atoms with Crippen LogP contribution >= 0.6 is 0 Å². The van der Waals surface area contributed by atoms with E-state index < -0.39 is 17.2 Å². The van der Waals surface area contributed by atoms with E-state index in [1.165, 1.54) is 19.4 Å². The smallest absolute Gasteiger partial charge is 0.341 e. The summed E-state index contributed by atoms with van der Waals surface area (Å²) in [5.41, 5.74) is 5.99. The van der Waals surface area contributed by atoms with Crippen molar-refractivity contribution in [3.63, 3.8) is 0 Å². The van der Waals surface area contributed by atoms with Crippen molar-refractivity contribution in [3.05, 3.63) is 46.0 Å². The van der Waals surface area contributed by atoms with E-state index in [0.29, 0.717) is 30.2 Å². The summed E-state index contributed by atoms with van der Waals surface area (Å²) in [6.45, 7) is 1.26. The number of fused-ring (bicyclic) bond motifs is 2. The highest BCUT2D eigenvalue weighted by atomic mass is 19.1. The Morgan fingerprint density at radius 3 is 2.73 bits per heavy atom. The second-order valence-corrected chi connectivity index (χ2v) is 8.52. The Balaban J connectivity index is 1.72. The third-order valence-corrected chi connectivity index (χ3v) is 6.67. The highest BCUT2D eigenvalue weighted by Crippen LogP contribution is 2.46. The van der Waals surface area contributed by atoms with Crippen molar-refractivity contribution in [2.24, 2.45) is 17.6 Å². The summed E-state index contributed by atoms with van der Waals surface area (Å²) in [7, 11) is 1.46. The number of methoxy groups -OCH3 is 1. The number of nitrogens with two attached hydrogens (primary N) is 1. The van der Waals surface area contributed by atoms with Crippen LogP contribution in [0.15, 0.2) is 29.2 Å². The Morgan fingerprint density at radius 2 is 2.10 bits per heavy atom. The number of rotatable bonds is 4. The number of allylic oxidation sites excluding steroid dienone is 1. The lowest BCUT2D eigenvalue weighted by molar-refractivity contribution is 0.0695. The van der Waals surface area contributed by atoms with Crippen LogP contribution < -0.4 is 20.8 Å². The predicted octanol–water partition coefficient (Wildman–Crippen LogP) is 2.52. The highest BCUT2D eigenvalue weighted by Gasteiger charge is 2.40. The topological polar surface area (TPSA) is 97.8 Å². The number of hydrogen-bond donors (Lipinski definition) is 2. The van der Waals surface area contributed by atoms with Gasteiger partial charge in [0.15, 0.2) is 11.6 Å². The average molecular weight is 413 g/mol. The van der Waals surface area contributed by atoms with Crippen LogP contribution in [0.3, 0.4) is 0 Å². The zero-order chi connectivity index (χ0) is 21.2. The summed E-state index contributed by atoms with van der Waals surface area (Å²) in [6, 6.07) is 1.18. The molecule has 2 fully saturated rings. The fraction of sp³-hybridized carbons (Fsp3) is 0.455. The lowest BCUT2D eigenvalue weighted by Gasteiger charge is -2.25. The van der Waals surface area contributed by atoms with Crippen LogP contribution in [0.2, 0.25) is 0 Å². The van der Waals surface area contributed by atoms with E-state index in [-0.39, 0.29) is 34.7 Å². The van der Waals surface area contributed by atoms with E-state index in [9.17, 15) is 14.7 Å². The standard InChI is InChI=1S/C22H24FN3O4/c1-30-21-18-13(20(27)15(22(28)29)10-26(18)12-5-6-12)7-16(23)19(21)25-8-11-3-2-4-17(24)14(11)9-25/h2,4,7,10-12,14,17H,3,5-6,8-9,24H2,1H3,(H,28,29)/t11-,14+,17-/m1/s1. The fourth-order valence-electron chi connectivity index (χ4n) is 5.04. The highest BCUT2D eigenvalue weighted by molar-refractivity contribution is 5.97. The average Bonchev–Trinajstić information content (AvgIpc) is 3.46. The minimum absolute atomic E-state index is 0.0369. The monoisotopic (exact) mass is 413 g/mol. The van der Waals surface area contributed by atoms with Crippen LogP contribution in [0.5, 0.6) is 5.75 Å². The molecular weight excluding hydrogens is 389 g/mol. The van der Waals surface area contributed by atoms with Crippen molar-refractivity contribution in [1.29, 1.82) is 0 Å². The normalized spacial score (nSPS) is 25.6. The van der Waals surface area contributed by atoms with E-state index in [4.69, 9.17) is 10.5 Å². The molecule has 0 spiro atoms. The first-order valence-electron chi connectivity index (χ1n) is 10.3. The van der Waals surface area contributed by atoms with Crippen molar-refractivity contribution >= 4 is 22.6 Å². The lowest BCUT2D eigenvalue weighted by atomic mass is 9.83. The molecule has 5 rings (SSSR count). The second-order valence-electron chi connectivity index (χ2n) is 8.52. The molecule has 1 saturated carbocycles. The van der Waals surface area contributed by atoms with Gasteiger partial charge in [-0.15, -0.1) is 0 Å². The lowest BCUT2D eigenvalue weighted by Crippen LogP contribution is -2.35. The number of benzene rings is 1. The Bertz CT molecular complexity index is 1140. The Kier molecular flexibility index (Phi) is 4.36. The van der Waals surface area contributed by atoms with Gasteiger partial charge >= 0.3 is 5.97 Å². The third kappa shape index (κ3) is 2.81. The molecule has 0 bridgehead atoms. The largest absolute Gasteiger partial charge is 0.492 e. The van der Waals surface area contributed by atoms with Gasteiger partial charge in [0.05, 0.1) is 18.0 Å². The first-order valence-corrected chi connectivity index (χ1v) is 10.3. The van der Waals surface area contributed by atoms with E-state index in [0.717, 1.165) is 19.3 Å². The van der Waals surface area contributed by atoms with Crippen molar-refractivity contribution in [1.82, 2.24) is 4.57 Å². The summed E-state index contributed by atoms with van der Waals surface area (Å²) in [6.07, 6.45) is 8.13. The number of ether oxygens (including phenoxy) is 1. The fourth-order valence-corrected chi connectivity index (χ4v) is 5.04. The number of carboxylic acid groups (broad SMARTS) is 1. The number of carbonyl (C=O) groups is 1. The first-order chi connectivity index (χ1) is 14.4. The van der Waals surface area contributed by atoms with Crippen LogP contribution in [0.4, 0.5) is 10.1 Å². The molecule has 3 N–H and O–H groups in total. The van der Waals surface area contributed by atoms with Gasteiger partial charge < -0.3 is 25.0 Å². The van der Waals surface area contributed by atoms with E-state index in [2.05, 4.69) is 6.08 Å². The SMILES string of the molecule is COc1c(N2C[C@H]3CC=C[C@@H](N)[C@H]3C2)c(F)cc2c(=O)c(C(=O)O)cn(C3CC3)c12. The van der Waals surface area contributed by atoms with Crippen molar-refractivity contribution in [3.8, 4) is 5.75 Å². The molecule has 158 valence electrons. The number of hydrogen-bond acceptors (Lipinski definition) is 5. The maximum absolute atomic E-state index is 15.4. The molecule has 30 heavy (non-hydrogen) atoms. The van der Waals surface area contributed by atoms with Gasteiger partial charge in [-0.25, -0.2) is 9.18 Å². The number of aromatic carboxylic acids is 1. The molecule has 0 radical (unpaired) electrons. The number of aromatic nitrogens is 1. The Labute approximate surface area is 172 Å². The van der Waals surface area contributed by atoms with Gasteiger partial charge in [-0.3, -0.25) is 4.79 Å². The van der Waals surface area contributed by atoms with Crippen LogP contribution in [-0.4, -0.2) is 41.9 Å². The molecule has 0 amide bonds. The summed E-state index contributed by atoms with van der Waals surface area (Å²) < 4.78 is 22.8. The molecule has 2 aromatic rings. The number of carboxylic acids is 1. The number of anilines is 1. The zero-order valence-electron chi connectivity index (χ0n) is 16.7. The maximum Gasteiger partial charge on any atom is 0.341 e. The summed E-state index contributed by atoms with van der Waals surface area (Å²) in [4.78, 5) is 26.4. The van der Waals surface area contributed by atoms with E-state index in [1.807, 2.05) is 11.0 Å². The van der Waals surface area contributed by atoms with E-state index in [1.54, 1.807) is 4.57 Å².